The SMILES string of the molecule is CCCCOC(=O)[N]C(=O)OC(C)(C)C. The number of carbonyl (C=O) groups excluding carboxylic acids is 2. The molecule has 5 nitrogen and oxygen atoms in total. The second-order valence-electron chi connectivity index (χ2n) is 4.06. The van der Waals surface area contributed by atoms with Gasteiger partial charge < -0.3 is 9.47 Å². The van der Waals surface area contributed by atoms with Crippen molar-refractivity contribution in [3.05, 3.63) is 0 Å². The number of unbranched alkanes of at least 4 members (excludes halogenated alkanes) is 1. The first-order chi connectivity index (χ1) is 6.85. The van der Waals surface area contributed by atoms with Crippen LogP contribution in [0.5, 0.6) is 0 Å². The van der Waals surface area contributed by atoms with Crippen LogP contribution >= 0.6 is 0 Å². The van der Waals surface area contributed by atoms with Gasteiger partial charge in [0.05, 0.1) is 6.61 Å². The molecule has 0 aliphatic heterocycles. The number of ether oxygens (including phenoxy) is 2. The van der Waals surface area contributed by atoms with Gasteiger partial charge in [-0.2, -0.15) is 0 Å². The molecule has 15 heavy (non-hydrogen) atoms. The van der Waals surface area contributed by atoms with E-state index >= 15 is 0 Å². The fourth-order valence-electron chi connectivity index (χ4n) is 0.695. The van der Waals surface area contributed by atoms with Crippen LogP contribution in [-0.2, 0) is 9.47 Å². The largest absolute Gasteiger partial charge is 0.448 e. The summed E-state index contributed by atoms with van der Waals surface area (Å²) in [6.45, 7) is 7.34. The molecule has 0 aromatic rings. The summed E-state index contributed by atoms with van der Waals surface area (Å²) in [4.78, 5) is 21.9. The Morgan fingerprint density at radius 3 is 2.27 bits per heavy atom. The minimum atomic E-state index is -0.913. The highest BCUT2D eigenvalue weighted by molar-refractivity contribution is 5.87. The number of carbonyl (C=O) groups is 2. The van der Waals surface area contributed by atoms with E-state index in [2.05, 4.69) is 10.1 Å². The van der Waals surface area contributed by atoms with Gasteiger partial charge in [0.15, 0.2) is 0 Å². The Labute approximate surface area is 90.1 Å². The van der Waals surface area contributed by atoms with Crippen LogP contribution in [0.4, 0.5) is 9.59 Å². The third-order valence-electron chi connectivity index (χ3n) is 1.30. The van der Waals surface area contributed by atoms with E-state index in [1.54, 1.807) is 20.8 Å². The highest BCUT2D eigenvalue weighted by Gasteiger charge is 2.20. The predicted molar refractivity (Wildman–Crippen MR) is 54.6 cm³/mol. The number of hydrogen-bond acceptors (Lipinski definition) is 4. The number of hydrogen-bond donors (Lipinski definition) is 0. The molecule has 0 aromatic heterocycles. The standard InChI is InChI=1S/C10H18NO4/c1-5-6-7-14-8(12)11-9(13)15-10(2,3)4/h5-7H2,1-4H3. The number of imide groups is 1. The third kappa shape index (κ3) is 9.05. The van der Waals surface area contributed by atoms with E-state index in [9.17, 15) is 9.59 Å². The highest BCUT2D eigenvalue weighted by Crippen LogP contribution is 2.06. The molecule has 0 bridgehead atoms. The third-order valence-corrected chi connectivity index (χ3v) is 1.30. The van der Waals surface area contributed by atoms with E-state index in [4.69, 9.17) is 4.74 Å². The Bertz CT molecular complexity index is 220. The van der Waals surface area contributed by atoms with Crippen molar-refractivity contribution < 1.29 is 19.1 Å². The molecule has 0 aromatic carbocycles. The zero-order chi connectivity index (χ0) is 11.9. The molecule has 0 N–H and O–H groups in total. The summed E-state index contributed by atoms with van der Waals surface area (Å²) in [5, 5.41) is 3.11. The lowest BCUT2D eigenvalue weighted by Crippen LogP contribution is -2.31. The molecule has 0 aliphatic carbocycles. The van der Waals surface area contributed by atoms with Crippen molar-refractivity contribution in [3.8, 4) is 0 Å². The van der Waals surface area contributed by atoms with Crippen LogP contribution in [0.1, 0.15) is 40.5 Å². The summed E-state index contributed by atoms with van der Waals surface area (Å²) in [7, 11) is 0. The zero-order valence-corrected chi connectivity index (χ0v) is 9.70. The Kier molecular flexibility index (Phi) is 5.74. The van der Waals surface area contributed by atoms with E-state index < -0.39 is 17.8 Å². The normalized spacial score (nSPS) is 10.7. The highest BCUT2D eigenvalue weighted by atomic mass is 16.6. The van der Waals surface area contributed by atoms with E-state index in [1.165, 1.54) is 0 Å². The van der Waals surface area contributed by atoms with Crippen molar-refractivity contribution in [2.75, 3.05) is 6.61 Å². The quantitative estimate of drug-likeness (QED) is 0.679. The summed E-state index contributed by atoms with van der Waals surface area (Å²) in [6.07, 6.45) is -0.128. The molecule has 0 atom stereocenters. The van der Waals surface area contributed by atoms with Gasteiger partial charge in [-0.05, 0) is 27.2 Å². The number of amides is 2. The van der Waals surface area contributed by atoms with Gasteiger partial charge in [-0.3, -0.25) is 0 Å². The number of nitrogens with zero attached hydrogens (tertiary/aromatic N) is 1. The monoisotopic (exact) mass is 216 g/mol. The van der Waals surface area contributed by atoms with E-state index in [-0.39, 0.29) is 6.61 Å². The van der Waals surface area contributed by atoms with E-state index in [0.717, 1.165) is 12.8 Å². The molecule has 87 valence electrons. The maximum atomic E-state index is 11.0. The first-order valence-electron chi connectivity index (χ1n) is 4.96. The summed E-state index contributed by atoms with van der Waals surface area (Å²) < 4.78 is 9.47. The lowest BCUT2D eigenvalue weighted by atomic mass is 10.2. The molecule has 0 saturated heterocycles. The van der Waals surface area contributed by atoms with Gasteiger partial charge in [0.1, 0.15) is 5.60 Å². The Balaban J connectivity index is 3.72. The lowest BCUT2D eigenvalue weighted by Gasteiger charge is -2.18. The predicted octanol–water partition coefficient (Wildman–Crippen LogP) is 2.46. The van der Waals surface area contributed by atoms with Crippen LogP contribution in [-0.4, -0.2) is 24.4 Å². The molecular formula is C10H18NO4. The minimum absolute atomic E-state index is 0.279. The van der Waals surface area contributed by atoms with Crippen molar-refractivity contribution >= 4 is 12.2 Å². The first-order valence-corrected chi connectivity index (χ1v) is 4.96. The molecular weight excluding hydrogens is 198 g/mol. The van der Waals surface area contributed by atoms with Crippen molar-refractivity contribution in [3.63, 3.8) is 0 Å². The smallest absolute Gasteiger partial charge is 0.440 e. The average Bonchev–Trinajstić information content (AvgIpc) is 2.00. The fraction of sp³-hybridized carbons (Fsp3) is 0.800. The second-order valence-corrected chi connectivity index (χ2v) is 4.06. The second kappa shape index (κ2) is 6.27. The van der Waals surface area contributed by atoms with Gasteiger partial charge in [0.2, 0.25) is 0 Å². The molecule has 0 unspecified atom stereocenters. The van der Waals surface area contributed by atoms with Crippen molar-refractivity contribution in [1.29, 1.82) is 0 Å². The summed E-state index contributed by atoms with van der Waals surface area (Å²) in [5.41, 5.74) is -0.649. The minimum Gasteiger partial charge on any atom is -0.448 e. The van der Waals surface area contributed by atoms with E-state index in [1.807, 2.05) is 6.92 Å². The van der Waals surface area contributed by atoms with Gasteiger partial charge in [0.25, 0.3) is 0 Å². The summed E-state index contributed by atoms with van der Waals surface area (Å²) in [6, 6.07) is 0. The van der Waals surface area contributed by atoms with Crippen molar-refractivity contribution in [2.45, 2.75) is 46.1 Å². The topological polar surface area (TPSA) is 66.7 Å². The van der Waals surface area contributed by atoms with Crippen molar-refractivity contribution in [1.82, 2.24) is 5.32 Å². The van der Waals surface area contributed by atoms with Crippen LogP contribution in [0.3, 0.4) is 0 Å². The number of rotatable bonds is 3. The van der Waals surface area contributed by atoms with Crippen LogP contribution in [0.15, 0.2) is 0 Å². The molecule has 1 radical (unpaired) electrons. The first kappa shape index (κ1) is 13.7. The van der Waals surface area contributed by atoms with Crippen LogP contribution in [0.25, 0.3) is 0 Å². The summed E-state index contributed by atoms with van der Waals surface area (Å²) >= 11 is 0. The molecule has 0 rings (SSSR count). The van der Waals surface area contributed by atoms with Gasteiger partial charge in [-0.1, -0.05) is 18.7 Å². The van der Waals surface area contributed by atoms with Gasteiger partial charge >= 0.3 is 12.2 Å². The summed E-state index contributed by atoms with van der Waals surface area (Å²) in [5.74, 6) is 0. The Hall–Kier alpha value is -1.26. The maximum Gasteiger partial charge on any atom is 0.440 e. The fourth-order valence-corrected chi connectivity index (χ4v) is 0.695. The zero-order valence-electron chi connectivity index (χ0n) is 9.70. The van der Waals surface area contributed by atoms with Gasteiger partial charge in [-0.25, -0.2) is 9.59 Å². The van der Waals surface area contributed by atoms with Crippen molar-refractivity contribution in [2.24, 2.45) is 0 Å². The Morgan fingerprint density at radius 1 is 1.20 bits per heavy atom. The molecule has 0 fully saturated rings. The van der Waals surface area contributed by atoms with E-state index in [0.29, 0.717) is 0 Å². The Morgan fingerprint density at radius 2 is 1.80 bits per heavy atom. The molecule has 0 heterocycles. The average molecular weight is 216 g/mol. The van der Waals surface area contributed by atoms with Gasteiger partial charge in [0, 0.05) is 0 Å². The molecule has 0 spiro atoms. The van der Waals surface area contributed by atoms with Crippen LogP contribution in [0, 0.1) is 0 Å². The van der Waals surface area contributed by atoms with Crippen LogP contribution in [0.2, 0.25) is 0 Å². The molecule has 0 aliphatic rings. The molecule has 0 saturated carbocycles. The molecule has 2 amide bonds. The molecule has 5 heteroatoms. The van der Waals surface area contributed by atoms with Gasteiger partial charge in [-0.15, -0.1) is 0 Å². The van der Waals surface area contributed by atoms with Crippen LogP contribution < -0.4 is 5.32 Å². The lowest BCUT2D eigenvalue weighted by molar-refractivity contribution is 0.0502. The maximum absolute atomic E-state index is 11.0.